The lowest BCUT2D eigenvalue weighted by molar-refractivity contribution is 1.29. The van der Waals surface area contributed by atoms with Gasteiger partial charge in [0.1, 0.15) is 5.82 Å². The molecule has 0 atom stereocenters. The van der Waals surface area contributed by atoms with Crippen molar-refractivity contribution in [2.45, 2.75) is 20.8 Å². The topological polar surface area (TPSA) is 43.3 Å². The summed E-state index contributed by atoms with van der Waals surface area (Å²) in [5.41, 5.74) is 7.90. The average molecular weight is 268 g/mol. The van der Waals surface area contributed by atoms with Gasteiger partial charge in [-0.3, -0.25) is 4.40 Å². The van der Waals surface area contributed by atoms with Crippen molar-refractivity contribution in [3.05, 3.63) is 28.9 Å². The predicted octanol–water partition coefficient (Wildman–Crippen LogP) is 4.12. The van der Waals surface area contributed by atoms with Crippen LogP contribution in [0.3, 0.4) is 0 Å². The number of fused-ring (bicyclic) bond motifs is 3. The van der Waals surface area contributed by atoms with Crippen LogP contribution in [0, 0.1) is 6.92 Å². The number of hydrogen-bond acceptors (Lipinski definition) is 3. The number of nitrogens with two attached hydrogens (primary N) is 1. The van der Waals surface area contributed by atoms with Gasteiger partial charge in [0.15, 0.2) is 4.96 Å². The largest absolute Gasteiger partial charge is 0.383 e. The smallest absolute Gasteiger partial charge is 0.196 e. The minimum atomic E-state index is 0.707. The number of anilines is 1. The molecule has 0 spiro atoms. The summed E-state index contributed by atoms with van der Waals surface area (Å²) in [6.07, 6.45) is 0. The molecular weight excluding hydrogens is 254 g/mol. The number of rotatable bonds is 0. The number of benzene rings is 1. The monoisotopic (exact) mass is 267 g/mol. The van der Waals surface area contributed by atoms with Gasteiger partial charge in [0.25, 0.3) is 0 Å². The maximum absolute atomic E-state index is 5.96. The second kappa shape index (κ2) is 4.55. The Hall–Kier alpha value is -1.26. The normalized spacial score (nSPS) is 10.6. The fourth-order valence-electron chi connectivity index (χ4n) is 1.67. The van der Waals surface area contributed by atoms with E-state index in [-0.39, 0.29) is 0 Å². The molecule has 3 aromatic rings. The second-order valence-electron chi connectivity index (χ2n) is 3.41. The van der Waals surface area contributed by atoms with Crippen LogP contribution in [0.25, 0.3) is 15.2 Å². The average Bonchev–Trinajstić information content (AvgIpc) is 2.79. The fraction of sp³-hybridized carbons (Fsp3) is 0.250. The maximum Gasteiger partial charge on any atom is 0.196 e. The first kappa shape index (κ1) is 12.2. The van der Waals surface area contributed by atoms with Gasteiger partial charge in [0.05, 0.1) is 15.9 Å². The highest BCUT2D eigenvalue weighted by molar-refractivity contribution is 7.23. The quantitative estimate of drug-likeness (QED) is 0.666. The van der Waals surface area contributed by atoms with E-state index in [4.69, 9.17) is 17.3 Å². The Bertz CT molecular complexity index is 669. The van der Waals surface area contributed by atoms with Crippen LogP contribution in [0.4, 0.5) is 5.82 Å². The van der Waals surface area contributed by atoms with Crippen LogP contribution in [0.2, 0.25) is 5.02 Å². The lowest BCUT2D eigenvalue weighted by Gasteiger charge is -1.95. The highest BCUT2D eigenvalue weighted by atomic mass is 35.5. The van der Waals surface area contributed by atoms with Crippen molar-refractivity contribution in [1.82, 2.24) is 9.38 Å². The van der Waals surface area contributed by atoms with Gasteiger partial charge in [-0.25, -0.2) is 4.98 Å². The summed E-state index contributed by atoms with van der Waals surface area (Å²) in [7, 11) is 0. The molecule has 1 aromatic carbocycles. The van der Waals surface area contributed by atoms with Crippen molar-refractivity contribution in [3.63, 3.8) is 0 Å². The molecule has 0 aliphatic rings. The van der Waals surface area contributed by atoms with Crippen LogP contribution >= 0.6 is 22.9 Å². The first-order valence-electron chi connectivity index (χ1n) is 5.49. The van der Waals surface area contributed by atoms with E-state index in [2.05, 4.69) is 4.98 Å². The van der Waals surface area contributed by atoms with Crippen molar-refractivity contribution in [3.8, 4) is 0 Å². The number of imidazole rings is 1. The Morgan fingerprint density at radius 1 is 1.35 bits per heavy atom. The molecule has 17 heavy (non-hydrogen) atoms. The number of nitrogen functional groups attached to an aromatic ring is 1. The molecule has 0 bridgehead atoms. The first-order valence-corrected chi connectivity index (χ1v) is 6.69. The highest BCUT2D eigenvalue weighted by Gasteiger charge is 2.11. The summed E-state index contributed by atoms with van der Waals surface area (Å²) in [6, 6.07) is 5.77. The summed E-state index contributed by atoms with van der Waals surface area (Å²) in [4.78, 5) is 5.31. The van der Waals surface area contributed by atoms with Crippen molar-refractivity contribution in [2.24, 2.45) is 0 Å². The van der Waals surface area contributed by atoms with Crippen molar-refractivity contribution in [1.29, 1.82) is 0 Å². The molecule has 5 heteroatoms. The number of aryl methyl sites for hydroxylation is 1. The molecule has 90 valence electrons. The fourth-order valence-corrected chi connectivity index (χ4v) is 3.02. The lowest BCUT2D eigenvalue weighted by atomic mass is 10.3. The van der Waals surface area contributed by atoms with Crippen molar-refractivity contribution < 1.29 is 0 Å². The molecule has 3 nitrogen and oxygen atoms in total. The SMILES string of the molecule is CC.Cc1nc2sc3cc(Cl)ccc3n2c1N. The van der Waals surface area contributed by atoms with Crippen LogP contribution in [0.15, 0.2) is 18.2 Å². The zero-order chi connectivity index (χ0) is 12.6. The number of thiazole rings is 1. The molecule has 3 rings (SSSR count). The van der Waals surface area contributed by atoms with Crippen LogP contribution < -0.4 is 5.73 Å². The van der Waals surface area contributed by atoms with E-state index in [1.165, 1.54) is 0 Å². The van der Waals surface area contributed by atoms with E-state index in [1.807, 2.05) is 43.4 Å². The first-order chi connectivity index (χ1) is 8.16. The zero-order valence-electron chi connectivity index (χ0n) is 9.99. The molecule has 0 amide bonds. The Balaban J connectivity index is 0.000000514. The van der Waals surface area contributed by atoms with E-state index in [0.717, 1.165) is 25.9 Å². The molecule has 0 saturated heterocycles. The summed E-state index contributed by atoms with van der Waals surface area (Å²) in [5, 5.41) is 0.738. The minimum Gasteiger partial charge on any atom is -0.383 e. The van der Waals surface area contributed by atoms with E-state index in [1.54, 1.807) is 11.3 Å². The Labute approximate surface area is 109 Å². The van der Waals surface area contributed by atoms with Crippen molar-refractivity contribution >= 4 is 43.9 Å². The Morgan fingerprint density at radius 2 is 2.06 bits per heavy atom. The highest BCUT2D eigenvalue weighted by Crippen LogP contribution is 2.31. The molecule has 0 fully saturated rings. The van der Waals surface area contributed by atoms with Gasteiger partial charge in [-0.1, -0.05) is 36.8 Å². The van der Waals surface area contributed by atoms with Gasteiger partial charge >= 0.3 is 0 Å². The predicted molar refractivity (Wildman–Crippen MR) is 76.1 cm³/mol. The molecule has 2 N–H and O–H groups in total. The van der Waals surface area contributed by atoms with Crippen LogP contribution in [0.1, 0.15) is 19.5 Å². The number of halogens is 1. The Morgan fingerprint density at radius 3 is 2.76 bits per heavy atom. The van der Waals surface area contributed by atoms with E-state index in [0.29, 0.717) is 5.82 Å². The molecular formula is C12H14ClN3S. The minimum absolute atomic E-state index is 0.707. The summed E-state index contributed by atoms with van der Waals surface area (Å²) < 4.78 is 3.07. The maximum atomic E-state index is 5.96. The van der Waals surface area contributed by atoms with Gasteiger partial charge in [-0.05, 0) is 25.1 Å². The molecule has 0 saturated carbocycles. The standard InChI is InChI=1S/C10H8ClN3S.C2H6/c1-5-9(12)14-7-3-2-6(11)4-8(7)15-10(14)13-5;1-2/h2-4H,12H2,1H3;1-2H3. The zero-order valence-corrected chi connectivity index (χ0v) is 11.6. The van der Waals surface area contributed by atoms with E-state index >= 15 is 0 Å². The second-order valence-corrected chi connectivity index (χ2v) is 4.86. The summed E-state index contributed by atoms with van der Waals surface area (Å²) in [5.74, 6) is 0.707. The third-order valence-electron chi connectivity index (χ3n) is 2.43. The lowest BCUT2D eigenvalue weighted by Crippen LogP contribution is -1.92. The van der Waals surface area contributed by atoms with Crippen LogP contribution in [-0.4, -0.2) is 9.38 Å². The number of aromatic nitrogens is 2. The molecule has 2 aromatic heterocycles. The molecule has 0 aliphatic carbocycles. The van der Waals surface area contributed by atoms with Crippen LogP contribution in [-0.2, 0) is 0 Å². The molecule has 0 aliphatic heterocycles. The number of nitrogens with zero attached hydrogens (tertiary/aromatic N) is 2. The van der Waals surface area contributed by atoms with E-state index in [9.17, 15) is 0 Å². The van der Waals surface area contributed by atoms with Gasteiger partial charge in [0, 0.05) is 5.02 Å². The van der Waals surface area contributed by atoms with Gasteiger partial charge < -0.3 is 5.73 Å². The third kappa shape index (κ3) is 1.87. The Kier molecular flexibility index (Phi) is 3.26. The summed E-state index contributed by atoms with van der Waals surface area (Å²) >= 11 is 7.53. The van der Waals surface area contributed by atoms with E-state index < -0.39 is 0 Å². The molecule has 0 radical (unpaired) electrons. The van der Waals surface area contributed by atoms with Gasteiger partial charge in [0.2, 0.25) is 0 Å². The van der Waals surface area contributed by atoms with Gasteiger partial charge in [-0.15, -0.1) is 0 Å². The summed E-state index contributed by atoms with van der Waals surface area (Å²) in [6.45, 7) is 5.91. The van der Waals surface area contributed by atoms with Crippen LogP contribution in [0.5, 0.6) is 0 Å². The number of hydrogen-bond donors (Lipinski definition) is 1. The van der Waals surface area contributed by atoms with Crippen molar-refractivity contribution in [2.75, 3.05) is 5.73 Å². The molecule has 2 heterocycles. The molecule has 0 unspecified atom stereocenters. The van der Waals surface area contributed by atoms with Gasteiger partial charge in [-0.2, -0.15) is 0 Å². The third-order valence-corrected chi connectivity index (χ3v) is 3.67.